The Hall–Kier alpha value is -0.870. The summed E-state index contributed by atoms with van der Waals surface area (Å²) in [5.74, 6) is 1.05. The minimum atomic E-state index is 0.422. The zero-order valence-electron chi connectivity index (χ0n) is 12.5. The van der Waals surface area contributed by atoms with Crippen LogP contribution in [0.5, 0.6) is 0 Å². The number of imidazole rings is 1. The van der Waals surface area contributed by atoms with E-state index >= 15 is 0 Å². The second-order valence-electron chi connectivity index (χ2n) is 6.47. The molecule has 2 fully saturated rings. The molecule has 0 radical (unpaired) electrons. The summed E-state index contributed by atoms with van der Waals surface area (Å²) in [4.78, 5) is 10.3. The second-order valence-corrected chi connectivity index (χ2v) is 6.47. The van der Waals surface area contributed by atoms with Crippen LogP contribution in [-0.2, 0) is 6.54 Å². The van der Waals surface area contributed by atoms with Crippen LogP contribution in [0, 0.1) is 0 Å². The first kappa shape index (κ1) is 14.1. The first-order chi connectivity index (χ1) is 9.89. The molecule has 3 rings (SSSR count). The third-order valence-electron chi connectivity index (χ3n) is 5.11. The van der Waals surface area contributed by atoms with Gasteiger partial charge in [0.05, 0.1) is 6.54 Å². The van der Waals surface area contributed by atoms with Gasteiger partial charge in [-0.25, -0.2) is 4.98 Å². The van der Waals surface area contributed by atoms with Crippen LogP contribution < -0.4 is 5.32 Å². The number of H-pyrrole nitrogens is 1. The Bertz CT molecular complexity index is 375. The van der Waals surface area contributed by atoms with Crippen molar-refractivity contribution in [2.45, 2.75) is 63.5 Å². The number of nitrogens with one attached hydrogen (secondary N) is 2. The lowest BCUT2D eigenvalue weighted by Crippen LogP contribution is -2.57. The highest BCUT2D eigenvalue weighted by Crippen LogP contribution is 2.35. The number of piperidine rings is 1. The van der Waals surface area contributed by atoms with Gasteiger partial charge in [0.25, 0.3) is 0 Å². The topological polar surface area (TPSA) is 44.0 Å². The average Bonchev–Trinajstić information content (AvgIpc) is 3.02. The van der Waals surface area contributed by atoms with E-state index in [-0.39, 0.29) is 0 Å². The number of hydrogen-bond acceptors (Lipinski definition) is 3. The van der Waals surface area contributed by atoms with Gasteiger partial charge >= 0.3 is 0 Å². The van der Waals surface area contributed by atoms with Crippen molar-refractivity contribution < 1.29 is 0 Å². The van der Waals surface area contributed by atoms with E-state index in [1.165, 1.54) is 64.5 Å². The molecule has 1 aromatic heterocycles. The zero-order chi connectivity index (χ0) is 13.7. The van der Waals surface area contributed by atoms with Crippen molar-refractivity contribution in [1.29, 1.82) is 0 Å². The smallest absolute Gasteiger partial charge is 0.120 e. The molecule has 1 saturated heterocycles. The first-order valence-electron chi connectivity index (χ1n) is 8.33. The monoisotopic (exact) mass is 276 g/mol. The number of hydrogen-bond donors (Lipinski definition) is 2. The zero-order valence-corrected chi connectivity index (χ0v) is 12.5. The standard InChI is InChI=1S/C16H28N4/c1-3-7-16(8-4-1,20-11-5-2-6-12-20)14-17-13-15-18-9-10-19-15/h9-10,17H,1-8,11-14H2,(H,18,19). The maximum absolute atomic E-state index is 4.30. The first-order valence-corrected chi connectivity index (χ1v) is 8.33. The predicted molar refractivity (Wildman–Crippen MR) is 81.5 cm³/mol. The highest BCUT2D eigenvalue weighted by Gasteiger charge is 2.37. The lowest BCUT2D eigenvalue weighted by atomic mass is 9.79. The molecule has 0 aromatic carbocycles. The van der Waals surface area contributed by atoms with Gasteiger partial charge in [0, 0.05) is 24.5 Å². The Kier molecular flexibility index (Phi) is 4.73. The SMILES string of the molecule is c1c[nH]c(CNCC2(N3CCCCC3)CCCCC2)n1. The Morgan fingerprint density at radius 3 is 2.55 bits per heavy atom. The van der Waals surface area contributed by atoms with Gasteiger partial charge in [-0.15, -0.1) is 0 Å². The van der Waals surface area contributed by atoms with Crippen molar-refractivity contribution in [3.05, 3.63) is 18.2 Å². The molecule has 0 amide bonds. The molecule has 20 heavy (non-hydrogen) atoms. The summed E-state index contributed by atoms with van der Waals surface area (Å²) in [6.07, 6.45) is 14.9. The van der Waals surface area contributed by atoms with Crippen molar-refractivity contribution in [1.82, 2.24) is 20.2 Å². The van der Waals surface area contributed by atoms with Gasteiger partial charge in [-0.2, -0.15) is 0 Å². The van der Waals surface area contributed by atoms with Crippen molar-refractivity contribution in [2.24, 2.45) is 0 Å². The maximum atomic E-state index is 4.30. The molecule has 2 aliphatic rings. The van der Waals surface area contributed by atoms with Crippen LogP contribution in [0.3, 0.4) is 0 Å². The van der Waals surface area contributed by atoms with Crippen molar-refractivity contribution in [3.8, 4) is 0 Å². The Morgan fingerprint density at radius 2 is 1.85 bits per heavy atom. The van der Waals surface area contributed by atoms with E-state index in [9.17, 15) is 0 Å². The summed E-state index contributed by atoms with van der Waals surface area (Å²) < 4.78 is 0. The lowest BCUT2D eigenvalue weighted by molar-refractivity contribution is 0.0332. The molecule has 112 valence electrons. The van der Waals surface area contributed by atoms with E-state index in [0.717, 1.165) is 18.9 Å². The van der Waals surface area contributed by atoms with Crippen molar-refractivity contribution >= 4 is 0 Å². The van der Waals surface area contributed by atoms with Crippen molar-refractivity contribution in [2.75, 3.05) is 19.6 Å². The largest absolute Gasteiger partial charge is 0.348 e. The molecular formula is C16H28N4. The van der Waals surface area contributed by atoms with Gasteiger partial charge < -0.3 is 10.3 Å². The van der Waals surface area contributed by atoms with Crippen LogP contribution in [0.4, 0.5) is 0 Å². The molecule has 4 nitrogen and oxygen atoms in total. The Balaban J connectivity index is 1.59. The van der Waals surface area contributed by atoms with Gasteiger partial charge in [0.2, 0.25) is 0 Å². The van der Waals surface area contributed by atoms with E-state index in [1.807, 2.05) is 12.4 Å². The van der Waals surface area contributed by atoms with Crippen LogP contribution in [0.2, 0.25) is 0 Å². The maximum Gasteiger partial charge on any atom is 0.120 e. The predicted octanol–water partition coefficient (Wildman–Crippen LogP) is 2.69. The molecule has 0 bridgehead atoms. The number of aromatic amines is 1. The van der Waals surface area contributed by atoms with Gasteiger partial charge in [0.15, 0.2) is 0 Å². The van der Waals surface area contributed by atoms with Gasteiger partial charge in [-0.3, -0.25) is 4.90 Å². The minimum Gasteiger partial charge on any atom is -0.348 e. The molecule has 0 unspecified atom stereocenters. The molecule has 2 N–H and O–H groups in total. The van der Waals surface area contributed by atoms with Crippen LogP contribution in [-0.4, -0.2) is 40.0 Å². The van der Waals surface area contributed by atoms with E-state index in [1.54, 1.807) is 0 Å². The third-order valence-corrected chi connectivity index (χ3v) is 5.11. The van der Waals surface area contributed by atoms with E-state index < -0.39 is 0 Å². The van der Waals surface area contributed by atoms with E-state index in [0.29, 0.717) is 5.54 Å². The van der Waals surface area contributed by atoms with Crippen LogP contribution in [0.1, 0.15) is 57.2 Å². The summed E-state index contributed by atoms with van der Waals surface area (Å²) in [7, 11) is 0. The van der Waals surface area contributed by atoms with Gasteiger partial charge in [-0.1, -0.05) is 25.7 Å². The van der Waals surface area contributed by atoms with Gasteiger partial charge in [-0.05, 0) is 38.8 Å². The molecule has 4 heteroatoms. The number of likely N-dealkylation sites (tertiary alicyclic amines) is 1. The fourth-order valence-corrected chi connectivity index (χ4v) is 3.99. The molecule has 0 spiro atoms. The second kappa shape index (κ2) is 6.72. The van der Waals surface area contributed by atoms with Crippen LogP contribution in [0.25, 0.3) is 0 Å². The Morgan fingerprint density at radius 1 is 1.10 bits per heavy atom. The van der Waals surface area contributed by atoms with Crippen molar-refractivity contribution in [3.63, 3.8) is 0 Å². The number of rotatable bonds is 5. The fourth-order valence-electron chi connectivity index (χ4n) is 3.99. The minimum absolute atomic E-state index is 0.422. The summed E-state index contributed by atoms with van der Waals surface area (Å²) in [5, 5.41) is 3.66. The normalized spacial score (nSPS) is 23.8. The summed E-state index contributed by atoms with van der Waals surface area (Å²) in [6, 6.07) is 0. The van der Waals surface area contributed by atoms with Crippen LogP contribution in [0.15, 0.2) is 12.4 Å². The molecule has 1 aliphatic carbocycles. The van der Waals surface area contributed by atoms with Gasteiger partial charge in [0.1, 0.15) is 5.82 Å². The molecule has 0 atom stereocenters. The third kappa shape index (κ3) is 3.23. The highest BCUT2D eigenvalue weighted by atomic mass is 15.2. The number of aromatic nitrogens is 2. The van der Waals surface area contributed by atoms with Crippen LogP contribution >= 0.6 is 0 Å². The van der Waals surface area contributed by atoms with E-state index in [2.05, 4.69) is 20.2 Å². The lowest BCUT2D eigenvalue weighted by Gasteiger charge is -2.48. The fraction of sp³-hybridized carbons (Fsp3) is 0.812. The summed E-state index contributed by atoms with van der Waals surface area (Å²) >= 11 is 0. The molecule has 1 aliphatic heterocycles. The summed E-state index contributed by atoms with van der Waals surface area (Å²) in [5.41, 5.74) is 0.422. The molecular weight excluding hydrogens is 248 g/mol. The molecule has 2 heterocycles. The van der Waals surface area contributed by atoms with E-state index in [4.69, 9.17) is 0 Å². The molecule has 1 saturated carbocycles. The Labute approximate surface area is 122 Å². The average molecular weight is 276 g/mol. The summed E-state index contributed by atoms with van der Waals surface area (Å²) in [6.45, 7) is 4.60. The molecule has 1 aromatic rings. The number of nitrogens with zero attached hydrogens (tertiary/aromatic N) is 2. The highest BCUT2D eigenvalue weighted by molar-refractivity contribution is 4.97. The quantitative estimate of drug-likeness (QED) is 0.869.